The lowest BCUT2D eigenvalue weighted by atomic mass is 9.97. The predicted octanol–water partition coefficient (Wildman–Crippen LogP) is 4.26. The number of nitrogens with one attached hydrogen (secondary N) is 1. The molecule has 0 aromatic carbocycles. The highest BCUT2D eigenvalue weighted by Crippen LogP contribution is 2.33. The monoisotopic (exact) mass is 346 g/mol. The molecular formula is C21H34N2S. The van der Waals surface area contributed by atoms with Crippen LogP contribution < -0.4 is 5.32 Å². The Bertz CT molecular complexity index is 460. The third-order valence-electron chi connectivity index (χ3n) is 5.58. The van der Waals surface area contributed by atoms with E-state index in [1.54, 1.807) is 0 Å². The van der Waals surface area contributed by atoms with Gasteiger partial charge in [-0.2, -0.15) is 11.8 Å². The minimum Gasteiger partial charge on any atom is -0.313 e. The Morgan fingerprint density at radius 1 is 1.33 bits per heavy atom. The smallest absolute Gasteiger partial charge is 0.0137 e. The summed E-state index contributed by atoms with van der Waals surface area (Å²) >= 11 is 2.07. The van der Waals surface area contributed by atoms with E-state index >= 15 is 0 Å². The highest BCUT2D eigenvalue weighted by Gasteiger charge is 2.34. The average Bonchev–Trinajstić information content (AvgIpc) is 3.39. The molecule has 2 atom stereocenters. The lowest BCUT2D eigenvalue weighted by Gasteiger charge is -2.32. The molecule has 2 fully saturated rings. The molecule has 1 saturated heterocycles. The van der Waals surface area contributed by atoms with Crippen LogP contribution in [-0.2, 0) is 0 Å². The summed E-state index contributed by atoms with van der Waals surface area (Å²) in [5.41, 5.74) is 1.50. The van der Waals surface area contributed by atoms with Gasteiger partial charge in [0.15, 0.2) is 0 Å². The van der Waals surface area contributed by atoms with Gasteiger partial charge in [-0.05, 0) is 74.9 Å². The quantitative estimate of drug-likeness (QED) is 0.628. The first-order valence-corrected chi connectivity index (χ1v) is 11.1. The molecule has 134 valence electrons. The second-order valence-electron chi connectivity index (χ2n) is 7.46. The lowest BCUT2D eigenvalue weighted by molar-refractivity contribution is 0.191. The van der Waals surface area contributed by atoms with Gasteiger partial charge >= 0.3 is 0 Å². The highest BCUT2D eigenvalue weighted by molar-refractivity contribution is 7.99. The number of hydrogen-bond donors (Lipinski definition) is 1. The summed E-state index contributed by atoms with van der Waals surface area (Å²) in [6, 6.07) is 0.750. The summed E-state index contributed by atoms with van der Waals surface area (Å²) in [6.07, 6.45) is 18.0. The van der Waals surface area contributed by atoms with E-state index < -0.39 is 0 Å². The molecule has 2 unspecified atom stereocenters. The zero-order valence-electron chi connectivity index (χ0n) is 15.3. The van der Waals surface area contributed by atoms with Crippen LogP contribution in [0, 0.1) is 11.8 Å². The van der Waals surface area contributed by atoms with Crippen LogP contribution in [0.5, 0.6) is 0 Å². The van der Waals surface area contributed by atoms with Gasteiger partial charge in [0, 0.05) is 18.3 Å². The molecule has 2 aliphatic carbocycles. The van der Waals surface area contributed by atoms with Crippen LogP contribution in [0.2, 0.25) is 0 Å². The summed E-state index contributed by atoms with van der Waals surface area (Å²) in [5, 5.41) is 3.82. The Morgan fingerprint density at radius 3 is 2.96 bits per heavy atom. The van der Waals surface area contributed by atoms with Gasteiger partial charge in [-0.15, -0.1) is 0 Å². The van der Waals surface area contributed by atoms with Crippen molar-refractivity contribution in [3.63, 3.8) is 0 Å². The lowest BCUT2D eigenvalue weighted by Crippen LogP contribution is -2.38. The molecule has 0 aromatic rings. The van der Waals surface area contributed by atoms with Crippen molar-refractivity contribution < 1.29 is 0 Å². The Balaban J connectivity index is 1.26. The Hall–Kier alpha value is -0.510. The number of piperidine rings is 1. The molecule has 3 rings (SSSR count). The van der Waals surface area contributed by atoms with Crippen LogP contribution in [0.4, 0.5) is 0 Å². The van der Waals surface area contributed by atoms with Crippen LogP contribution in [0.3, 0.4) is 0 Å². The molecule has 0 aromatic heterocycles. The van der Waals surface area contributed by atoms with Crippen molar-refractivity contribution in [2.45, 2.75) is 45.1 Å². The molecule has 1 saturated carbocycles. The van der Waals surface area contributed by atoms with E-state index in [2.05, 4.69) is 59.3 Å². The largest absolute Gasteiger partial charge is 0.313 e. The fourth-order valence-electron chi connectivity index (χ4n) is 3.74. The number of likely N-dealkylation sites (tertiary alicyclic amines) is 1. The summed E-state index contributed by atoms with van der Waals surface area (Å²) < 4.78 is 0. The minimum absolute atomic E-state index is 0.750. The molecule has 24 heavy (non-hydrogen) atoms. The van der Waals surface area contributed by atoms with Gasteiger partial charge in [0.05, 0.1) is 0 Å². The first-order chi connectivity index (χ1) is 11.8. The van der Waals surface area contributed by atoms with E-state index in [9.17, 15) is 0 Å². The molecule has 1 N–H and O–H groups in total. The van der Waals surface area contributed by atoms with Crippen molar-refractivity contribution in [1.82, 2.24) is 10.2 Å². The van der Waals surface area contributed by atoms with E-state index in [0.717, 1.165) is 17.9 Å². The average molecular weight is 347 g/mol. The normalized spacial score (nSPS) is 28.5. The maximum atomic E-state index is 3.82. The van der Waals surface area contributed by atoms with Crippen LogP contribution in [0.15, 0.2) is 36.0 Å². The molecule has 0 bridgehead atoms. The first kappa shape index (κ1) is 18.3. The van der Waals surface area contributed by atoms with Gasteiger partial charge in [0.1, 0.15) is 0 Å². The van der Waals surface area contributed by atoms with Crippen molar-refractivity contribution in [2.75, 3.05) is 37.7 Å². The van der Waals surface area contributed by atoms with Crippen molar-refractivity contribution in [2.24, 2.45) is 11.8 Å². The van der Waals surface area contributed by atoms with E-state index in [1.807, 2.05) is 0 Å². The summed E-state index contributed by atoms with van der Waals surface area (Å²) in [4.78, 5) is 2.66. The molecule has 0 amide bonds. The zero-order valence-corrected chi connectivity index (χ0v) is 16.1. The number of rotatable bonds is 9. The van der Waals surface area contributed by atoms with E-state index in [1.165, 1.54) is 75.4 Å². The van der Waals surface area contributed by atoms with E-state index in [4.69, 9.17) is 0 Å². The molecule has 0 spiro atoms. The van der Waals surface area contributed by atoms with Crippen molar-refractivity contribution >= 4 is 11.8 Å². The second-order valence-corrected chi connectivity index (χ2v) is 8.86. The van der Waals surface area contributed by atoms with Crippen molar-refractivity contribution in [1.29, 1.82) is 0 Å². The Kier molecular flexibility index (Phi) is 7.50. The van der Waals surface area contributed by atoms with Gasteiger partial charge < -0.3 is 10.2 Å². The van der Waals surface area contributed by atoms with Crippen LogP contribution in [-0.4, -0.2) is 48.6 Å². The molecule has 3 aliphatic rings. The summed E-state index contributed by atoms with van der Waals surface area (Å²) in [5.74, 6) is 4.24. The highest BCUT2D eigenvalue weighted by atomic mass is 32.2. The number of nitrogens with zero attached hydrogens (tertiary/aromatic N) is 1. The van der Waals surface area contributed by atoms with Gasteiger partial charge in [-0.25, -0.2) is 0 Å². The molecule has 1 aliphatic heterocycles. The molecule has 0 radical (unpaired) electrons. The predicted molar refractivity (Wildman–Crippen MR) is 108 cm³/mol. The Morgan fingerprint density at radius 2 is 2.21 bits per heavy atom. The van der Waals surface area contributed by atoms with E-state index in [-0.39, 0.29) is 0 Å². The van der Waals surface area contributed by atoms with Crippen LogP contribution >= 0.6 is 11.8 Å². The molecule has 3 heteroatoms. The molecule has 2 nitrogen and oxygen atoms in total. The maximum Gasteiger partial charge on any atom is 0.0137 e. The van der Waals surface area contributed by atoms with Gasteiger partial charge in [0.2, 0.25) is 0 Å². The topological polar surface area (TPSA) is 15.3 Å². The fraction of sp³-hybridized carbons (Fsp3) is 0.714. The maximum absolute atomic E-state index is 3.82. The fourth-order valence-corrected chi connectivity index (χ4v) is 4.42. The standard InChI is InChI=1S/C21H34N2S/c1-2-24-15-14-23-12-10-19(11-13-23)17-22-21-16-20(21)9-8-18-6-4-3-5-7-18/h3-4,6,8-9,19-22H,2,5,7,10-17H2,1H3/b9-8+. The van der Waals surface area contributed by atoms with Gasteiger partial charge in [-0.1, -0.05) is 37.3 Å². The first-order valence-electron chi connectivity index (χ1n) is 9.92. The third kappa shape index (κ3) is 6.09. The minimum atomic E-state index is 0.750. The van der Waals surface area contributed by atoms with Crippen LogP contribution in [0.1, 0.15) is 39.0 Å². The Labute approximate surface area is 152 Å². The second kappa shape index (κ2) is 9.84. The number of allylic oxidation sites excluding steroid dienone is 5. The van der Waals surface area contributed by atoms with Gasteiger partial charge in [0.25, 0.3) is 0 Å². The summed E-state index contributed by atoms with van der Waals surface area (Å²) in [6.45, 7) is 7.40. The SMILES string of the molecule is CCSCCN1CCC(CNC2CC2/C=C/C2=CC=CCC2)CC1. The molecular weight excluding hydrogens is 312 g/mol. The number of hydrogen-bond acceptors (Lipinski definition) is 3. The summed E-state index contributed by atoms with van der Waals surface area (Å²) in [7, 11) is 0. The third-order valence-corrected chi connectivity index (χ3v) is 6.45. The van der Waals surface area contributed by atoms with E-state index in [0.29, 0.717) is 0 Å². The van der Waals surface area contributed by atoms with Crippen molar-refractivity contribution in [3.05, 3.63) is 36.0 Å². The molecule has 1 heterocycles. The number of thioether (sulfide) groups is 1. The van der Waals surface area contributed by atoms with Crippen LogP contribution in [0.25, 0.3) is 0 Å². The zero-order chi connectivity index (χ0) is 16.6. The van der Waals surface area contributed by atoms with Gasteiger partial charge in [-0.3, -0.25) is 0 Å². The van der Waals surface area contributed by atoms with Crippen molar-refractivity contribution in [3.8, 4) is 0 Å².